The first-order valence-electron chi connectivity index (χ1n) is 7.20. The van der Waals surface area contributed by atoms with Gasteiger partial charge in [0, 0.05) is 35.1 Å². The highest BCUT2D eigenvalue weighted by Crippen LogP contribution is 2.30. The highest BCUT2D eigenvalue weighted by atomic mass is 35.5. The Morgan fingerprint density at radius 3 is 2.76 bits per heavy atom. The zero-order valence-corrected chi connectivity index (χ0v) is 13.5. The van der Waals surface area contributed by atoms with Gasteiger partial charge in [-0.2, -0.15) is 0 Å². The number of pyridine rings is 1. The first kappa shape index (κ1) is 15.8. The Hall–Kier alpha value is -1.58. The molecule has 4 heteroatoms. The Kier molecular flexibility index (Phi) is 5.59. The minimum atomic E-state index is 0.673. The second-order valence-electron chi connectivity index (χ2n) is 5.12. The van der Waals surface area contributed by atoms with E-state index in [1.165, 1.54) is 0 Å². The van der Waals surface area contributed by atoms with Crippen molar-refractivity contribution in [2.24, 2.45) is 0 Å². The van der Waals surface area contributed by atoms with Crippen LogP contribution >= 0.6 is 11.6 Å². The van der Waals surface area contributed by atoms with Crippen molar-refractivity contribution in [3.8, 4) is 11.5 Å². The molecule has 3 nitrogen and oxygen atoms in total. The van der Waals surface area contributed by atoms with E-state index >= 15 is 0 Å². The van der Waals surface area contributed by atoms with E-state index in [1.807, 2.05) is 44.3 Å². The lowest BCUT2D eigenvalue weighted by molar-refractivity contribution is 0.467. The average molecular weight is 305 g/mol. The monoisotopic (exact) mass is 304 g/mol. The fourth-order valence-corrected chi connectivity index (χ4v) is 2.16. The summed E-state index contributed by atoms with van der Waals surface area (Å²) in [5, 5.41) is 4.05. The molecule has 1 aromatic carbocycles. The third-order valence-electron chi connectivity index (χ3n) is 3.19. The average Bonchev–Trinajstić information content (AvgIpc) is 2.45. The summed E-state index contributed by atoms with van der Waals surface area (Å²) in [5.74, 6) is 1.61. The minimum Gasteiger partial charge on any atom is -0.457 e. The Morgan fingerprint density at radius 2 is 2.00 bits per heavy atom. The lowest BCUT2D eigenvalue weighted by Crippen LogP contribution is -2.14. The molecule has 2 aromatic rings. The van der Waals surface area contributed by atoms with E-state index < -0.39 is 0 Å². The lowest BCUT2D eigenvalue weighted by Gasteiger charge is -2.14. The summed E-state index contributed by atoms with van der Waals surface area (Å²) < 4.78 is 6.07. The molecule has 0 bridgehead atoms. The van der Waals surface area contributed by atoms with Gasteiger partial charge in [-0.05, 0) is 44.5 Å². The highest BCUT2D eigenvalue weighted by molar-refractivity contribution is 6.30. The van der Waals surface area contributed by atoms with E-state index in [2.05, 4.69) is 17.2 Å². The molecular formula is C17H21ClN2O. The Bertz CT molecular complexity index is 614. The van der Waals surface area contributed by atoms with Crippen LogP contribution in [0.1, 0.15) is 30.2 Å². The third kappa shape index (κ3) is 4.45. The smallest absolute Gasteiger partial charge is 0.135 e. The molecule has 0 atom stereocenters. The van der Waals surface area contributed by atoms with Crippen molar-refractivity contribution in [3.63, 3.8) is 0 Å². The van der Waals surface area contributed by atoms with E-state index in [9.17, 15) is 0 Å². The summed E-state index contributed by atoms with van der Waals surface area (Å²) >= 11 is 6.05. The topological polar surface area (TPSA) is 34.2 Å². The van der Waals surface area contributed by atoms with Gasteiger partial charge in [0.1, 0.15) is 11.5 Å². The van der Waals surface area contributed by atoms with Gasteiger partial charge in [0.2, 0.25) is 0 Å². The minimum absolute atomic E-state index is 0.673. The number of rotatable bonds is 6. The highest BCUT2D eigenvalue weighted by Gasteiger charge is 2.08. The van der Waals surface area contributed by atoms with Crippen LogP contribution in [0, 0.1) is 13.8 Å². The molecule has 0 saturated heterocycles. The second-order valence-corrected chi connectivity index (χ2v) is 5.56. The van der Waals surface area contributed by atoms with Gasteiger partial charge in [-0.15, -0.1) is 0 Å². The van der Waals surface area contributed by atoms with E-state index in [1.54, 1.807) is 0 Å². The van der Waals surface area contributed by atoms with Crippen LogP contribution in [0.5, 0.6) is 11.5 Å². The Balaban J connectivity index is 2.25. The Morgan fingerprint density at radius 1 is 1.19 bits per heavy atom. The quantitative estimate of drug-likeness (QED) is 0.789. The fraction of sp³-hybridized carbons (Fsp3) is 0.353. The number of aromatic nitrogens is 1. The molecule has 21 heavy (non-hydrogen) atoms. The van der Waals surface area contributed by atoms with Gasteiger partial charge in [0.25, 0.3) is 0 Å². The molecule has 0 aliphatic carbocycles. The summed E-state index contributed by atoms with van der Waals surface area (Å²) in [6.07, 6.45) is 2.97. The summed E-state index contributed by atoms with van der Waals surface area (Å²) in [6, 6.07) is 7.63. The summed E-state index contributed by atoms with van der Waals surface area (Å²) in [6.45, 7) is 7.84. The van der Waals surface area contributed by atoms with Crippen LogP contribution in [0.4, 0.5) is 0 Å². The van der Waals surface area contributed by atoms with Crippen LogP contribution in [0.2, 0.25) is 5.02 Å². The standard InChI is InChI=1S/C17H21ClN2O/c1-4-7-19-10-14-11-20-13(3)8-17(14)21-16-9-15(18)6-5-12(16)2/h5-6,8-9,11,19H,4,7,10H2,1-3H3. The van der Waals surface area contributed by atoms with Crippen molar-refractivity contribution < 1.29 is 4.74 Å². The van der Waals surface area contributed by atoms with E-state index in [-0.39, 0.29) is 0 Å². The molecule has 1 aromatic heterocycles. The second kappa shape index (κ2) is 7.43. The summed E-state index contributed by atoms with van der Waals surface area (Å²) in [5.41, 5.74) is 3.04. The van der Waals surface area contributed by atoms with Gasteiger partial charge < -0.3 is 10.1 Å². The van der Waals surface area contributed by atoms with Gasteiger partial charge in [0.15, 0.2) is 0 Å². The van der Waals surface area contributed by atoms with Crippen LogP contribution in [0.3, 0.4) is 0 Å². The third-order valence-corrected chi connectivity index (χ3v) is 3.43. The van der Waals surface area contributed by atoms with E-state index in [4.69, 9.17) is 16.3 Å². The zero-order valence-electron chi connectivity index (χ0n) is 12.7. The van der Waals surface area contributed by atoms with E-state index in [0.717, 1.165) is 47.8 Å². The number of hydrogen-bond donors (Lipinski definition) is 1. The maximum atomic E-state index is 6.07. The van der Waals surface area contributed by atoms with Crippen molar-refractivity contribution in [2.45, 2.75) is 33.7 Å². The summed E-state index contributed by atoms with van der Waals surface area (Å²) in [7, 11) is 0. The van der Waals surface area contributed by atoms with Crippen LogP contribution in [0.25, 0.3) is 0 Å². The largest absolute Gasteiger partial charge is 0.457 e. The van der Waals surface area contributed by atoms with Gasteiger partial charge in [-0.3, -0.25) is 4.98 Å². The number of nitrogens with zero attached hydrogens (tertiary/aromatic N) is 1. The lowest BCUT2D eigenvalue weighted by atomic mass is 10.2. The van der Waals surface area contributed by atoms with Crippen molar-refractivity contribution in [3.05, 3.63) is 52.3 Å². The molecule has 0 aliphatic rings. The number of hydrogen-bond acceptors (Lipinski definition) is 3. The first-order chi connectivity index (χ1) is 10.1. The van der Waals surface area contributed by atoms with Crippen molar-refractivity contribution in [1.29, 1.82) is 0 Å². The molecule has 1 N–H and O–H groups in total. The predicted octanol–water partition coefficient (Wildman–Crippen LogP) is 4.64. The van der Waals surface area contributed by atoms with Crippen molar-refractivity contribution >= 4 is 11.6 Å². The van der Waals surface area contributed by atoms with Crippen molar-refractivity contribution in [2.75, 3.05) is 6.54 Å². The van der Waals surface area contributed by atoms with Crippen LogP contribution in [-0.2, 0) is 6.54 Å². The molecule has 0 spiro atoms. The molecule has 0 fully saturated rings. The van der Waals surface area contributed by atoms with Crippen LogP contribution < -0.4 is 10.1 Å². The maximum absolute atomic E-state index is 6.07. The molecule has 0 unspecified atom stereocenters. The van der Waals surface area contributed by atoms with Gasteiger partial charge in [-0.25, -0.2) is 0 Å². The van der Waals surface area contributed by atoms with Gasteiger partial charge in [-0.1, -0.05) is 24.6 Å². The first-order valence-corrected chi connectivity index (χ1v) is 7.58. The zero-order chi connectivity index (χ0) is 15.2. The number of aryl methyl sites for hydroxylation is 2. The number of benzene rings is 1. The normalized spacial score (nSPS) is 10.7. The molecule has 1 heterocycles. The summed E-state index contributed by atoms with van der Waals surface area (Å²) in [4.78, 5) is 4.35. The number of ether oxygens (including phenoxy) is 1. The molecule has 0 radical (unpaired) electrons. The van der Waals surface area contributed by atoms with Gasteiger partial charge in [0.05, 0.1) is 0 Å². The van der Waals surface area contributed by atoms with Crippen LogP contribution in [-0.4, -0.2) is 11.5 Å². The van der Waals surface area contributed by atoms with Gasteiger partial charge >= 0.3 is 0 Å². The SMILES string of the molecule is CCCNCc1cnc(C)cc1Oc1cc(Cl)ccc1C. The van der Waals surface area contributed by atoms with Crippen LogP contribution in [0.15, 0.2) is 30.5 Å². The van der Waals surface area contributed by atoms with Crippen molar-refractivity contribution in [1.82, 2.24) is 10.3 Å². The molecular weight excluding hydrogens is 284 g/mol. The number of nitrogens with one attached hydrogen (secondary N) is 1. The Labute approximate surface area is 131 Å². The fourth-order valence-electron chi connectivity index (χ4n) is 1.99. The molecule has 2 rings (SSSR count). The maximum Gasteiger partial charge on any atom is 0.135 e. The number of halogens is 1. The molecule has 0 aliphatic heterocycles. The van der Waals surface area contributed by atoms with E-state index in [0.29, 0.717) is 5.02 Å². The predicted molar refractivity (Wildman–Crippen MR) is 87.2 cm³/mol. The molecule has 0 amide bonds. The molecule has 112 valence electrons. The molecule has 0 saturated carbocycles.